The molecule has 0 saturated heterocycles. The van der Waals surface area contributed by atoms with E-state index in [2.05, 4.69) is 35.6 Å². The molecule has 1 aliphatic rings. The van der Waals surface area contributed by atoms with Crippen LogP contribution >= 0.6 is 0 Å². The average Bonchev–Trinajstić information content (AvgIpc) is 2.81. The first kappa shape index (κ1) is 20.0. The van der Waals surface area contributed by atoms with Crippen LogP contribution < -0.4 is 15.0 Å². The van der Waals surface area contributed by atoms with Crippen molar-refractivity contribution in [1.82, 2.24) is 0 Å². The molecule has 0 fully saturated rings. The zero-order valence-corrected chi connectivity index (χ0v) is 17.2. The minimum atomic E-state index is 0.0843. The largest absolute Gasteiger partial charge is 0.491 e. The van der Waals surface area contributed by atoms with Crippen LogP contribution in [0, 0.1) is 0 Å². The highest BCUT2D eigenvalue weighted by atomic mass is 16.5. The number of benzene rings is 3. The highest BCUT2D eigenvalue weighted by Gasteiger charge is 2.21. The second-order valence-corrected chi connectivity index (χ2v) is 7.56. The number of rotatable bonds is 8. The number of hydrogen-bond donors (Lipinski definition) is 1. The van der Waals surface area contributed by atoms with E-state index >= 15 is 0 Å². The zero-order valence-electron chi connectivity index (χ0n) is 17.2. The van der Waals surface area contributed by atoms with Crippen molar-refractivity contribution in [3.63, 3.8) is 0 Å². The van der Waals surface area contributed by atoms with Gasteiger partial charge < -0.3 is 15.0 Å². The van der Waals surface area contributed by atoms with E-state index < -0.39 is 0 Å². The predicted molar refractivity (Wildman–Crippen MR) is 122 cm³/mol. The maximum Gasteiger partial charge on any atom is 0.246 e. The van der Waals surface area contributed by atoms with Crippen LogP contribution in [0.4, 0.5) is 11.4 Å². The van der Waals surface area contributed by atoms with Gasteiger partial charge in [-0.25, -0.2) is 0 Å². The van der Waals surface area contributed by atoms with Gasteiger partial charge in [-0.15, -0.1) is 0 Å². The first-order chi connectivity index (χ1) is 14.8. The van der Waals surface area contributed by atoms with Crippen LogP contribution in [-0.2, 0) is 17.6 Å². The van der Waals surface area contributed by atoms with Crippen molar-refractivity contribution in [3.8, 4) is 5.75 Å². The molecule has 3 aromatic rings. The number of nitrogens with zero attached hydrogens (tertiary/aromatic N) is 1. The molecular weight excluding hydrogens is 372 g/mol. The lowest BCUT2D eigenvalue weighted by Crippen LogP contribution is -2.39. The maximum atomic E-state index is 12.9. The molecule has 1 heterocycles. The summed E-state index contributed by atoms with van der Waals surface area (Å²) in [6.07, 6.45) is 3.97. The van der Waals surface area contributed by atoms with Gasteiger partial charge in [-0.3, -0.25) is 4.79 Å². The summed E-state index contributed by atoms with van der Waals surface area (Å²) in [6.45, 7) is 1.66. The van der Waals surface area contributed by atoms with Crippen molar-refractivity contribution in [3.05, 3.63) is 90.0 Å². The fraction of sp³-hybridized carbons (Fsp3) is 0.269. The number of aryl methyl sites for hydroxylation is 2. The number of anilines is 2. The third-order valence-electron chi connectivity index (χ3n) is 5.44. The molecule has 4 heteroatoms. The number of carbonyl (C=O) groups excluding carboxylic acids is 1. The molecule has 0 atom stereocenters. The van der Waals surface area contributed by atoms with Gasteiger partial charge in [0.15, 0.2) is 0 Å². The lowest BCUT2D eigenvalue weighted by Gasteiger charge is -2.29. The molecule has 4 rings (SSSR count). The molecular formula is C26H28N2O2. The van der Waals surface area contributed by atoms with E-state index in [0.29, 0.717) is 6.61 Å². The number of ether oxygens (including phenoxy) is 1. The van der Waals surface area contributed by atoms with Crippen LogP contribution in [-0.4, -0.2) is 25.6 Å². The van der Waals surface area contributed by atoms with Gasteiger partial charge in [0, 0.05) is 12.2 Å². The van der Waals surface area contributed by atoms with E-state index in [1.54, 1.807) is 0 Å². The standard InChI is InChI=1S/C26H28N2O2/c29-26(28-18-8-14-22-13-4-6-16-24(22)28)20-27-23-15-5-7-17-25(23)30-19-9-12-21-10-2-1-3-11-21/h1-7,10-11,13,15-17,27H,8-9,12,14,18-20H2. The van der Waals surface area contributed by atoms with E-state index in [-0.39, 0.29) is 12.5 Å². The quantitative estimate of drug-likeness (QED) is 0.536. The molecule has 0 aromatic heterocycles. The van der Waals surface area contributed by atoms with Crippen LogP contribution in [0.1, 0.15) is 24.0 Å². The van der Waals surface area contributed by atoms with Gasteiger partial charge in [-0.1, -0.05) is 60.7 Å². The summed E-state index contributed by atoms with van der Waals surface area (Å²) < 4.78 is 6.01. The Morgan fingerprint density at radius 1 is 0.933 bits per heavy atom. The second kappa shape index (κ2) is 9.97. The molecule has 3 aromatic carbocycles. The Hall–Kier alpha value is -3.27. The molecule has 4 nitrogen and oxygen atoms in total. The first-order valence-electron chi connectivity index (χ1n) is 10.7. The molecule has 1 aliphatic heterocycles. The smallest absolute Gasteiger partial charge is 0.246 e. The Labute approximate surface area is 178 Å². The lowest BCUT2D eigenvalue weighted by atomic mass is 10.0. The molecule has 30 heavy (non-hydrogen) atoms. The first-order valence-corrected chi connectivity index (χ1v) is 10.7. The van der Waals surface area contributed by atoms with E-state index in [1.807, 2.05) is 53.4 Å². The fourth-order valence-corrected chi connectivity index (χ4v) is 3.90. The SMILES string of the molecule is O=C(CNc1ccccc1OCCCc1ccccc1)N1CCCc2ccccc21. The molecule has 154 valence electrons. The number of amides is 1. The van der Waals surface area contributed by atoms with Crippen molar-refractivity contribution >= 4 is 17.3 Å². The van der Waals surface area contributed by atoms with E-state index in [9.17, 15) is 4.79 Å². The Morgan fingerprint density at radius 3 is 2.60 bits per heavy atom. The minimum Gasteiger partial charge on any atom is -0.491 e. The summed E-state index contributed by atoms with van der Waals surface area (Å²) in [5, 5.41) is 3.28. The third kappa shape index (κ3) is 5.01. The molecule has 0 spiro atoms. The average molecular weight is 401 g/mol. The summed E-state index contributed by atoms with van der Waals surface area (Å²) in [5.41, 5.74) is 4.47. The van der Waals surface area contributed by atoms with Crippen molar-refractivity contribution in [2.24, 2.45) is 0 Å². The van der Waals surface area contributed by atoms with Gasteiger partial charge in [-0.05, 0) is 55.0 Å². The van der Waals surface area contributed by atoms with Crippen LogP contribution in [0.3, 0.4) is 0 Å². The van der Waals surface area contributed by atoms with Gasteiger partial charge in [0.05, 0.1) is 18.8 Å². The number of para-hydroxylation sites is 3. The number of nitrogens with one attached hydrogen (secondary N) is 1. The van der Waals surface area contributed by atoms with Crippen LogP contribution in [0.2, 0.25) is 0 Å². The summed E-state index contributed by atoms with van der Waals surface area (Å²) in [4.78, 5) is 14.8. The van der Waals surface area contributed by atoms with Gasteiger partial charge in [-0.2, -0.15) is 0 Å². The highest BCUT2D eigenvalue weighted by molar-refractivity contribution is 5.97. The monoisotopic (exact) mass is 400 g/mol. The van der Waals surface area contributed by atoms with Crippen molar-refractivity contribution in [1.29, 1.82) is 0 Å². The molecule has 0 radical (unpaired) electrons. The number of hydrogen-bond acceptors (Lipinski definition) is 3. The summed E-state index contributed by atoms with van der Waals surface area (Å²) in [6, 6.07) is 26.4. The Bertz CT molecular complexity index is 972. The van der Waals surface area contributed by atoms with Gasteiger partial charge >= 0.3 is 0 Å². The van der Waals surface area contributed by atoms with Crippen LogP contribution in [0.25, 0.3) is 0 Å². The van der Waals surface area contributed by atoms with Gasteiger partial charge in [0.25, 0.3) is 0 Å². The molecule has 0 saturated carbocycles. The Balaban J connectivity index is 1.31. The normalized spacial score (nSPS) is 12.9. The molecule has 0 aliphatic carbocycles. The van der Waals surface area contributed by atoms with E-state index in [0.717, 1.165) is 49.4 Å². The van der Waals surface area contributed by atoms with Crippen molar-refractivity contribution in [2.75, 3.05) is 29.9 Å². The number of fused-ring (bicyclic) bond motifs is 1. The molecule has 1 amide bonds. The van der Waals surface area contributed by atoms with Crippen molar-refractivity contribution < 1.29 is 9.53 Å². The molecule has 1 N–H and O–H groups in total. The second-order valence-electron chi connectivity index (χ2n) is 7.56. The van der Waals surface area contributed by atoms with E-state index in [1.165, 1.54) is 11.1 Å². The topological polar surface area (TPSA) is 41.6 Å². The Kier molecular flexibility index (Phi) is 6.65. The lowest BCUT2D eigenvalue weighted by molar-refractivity contribution is -0.117. The number of carbonyl (C=O) groups is 1. The fourth-order valence-electron chi connectivity index (χ4n) is 3.90. The predicted octanol–water partition coefficient (Wildman–Crippen LogP) is 5.09. The zero-order chi connectivity index (χ0) is 20.6. The maximum absolute atomic E-state index is 12.9. The Morgan fingerprint density at radius 2 is 1.70 bits per heavy atom. The van der Waals surface area contributed by atoms with E-state index in [4.69, 9.17) is 4.74 Å². The third-order valence-corrected chi connectivity index (χ3v) is 5.44. The summed E-state index contributed by atoms with van der Waals surface area (Å²) in [5.74, 6) is 0.874. The molecule has 0 unspecified atom stereocenters. The summed E-state index contributed by atoms with van der Waals surface area (Å²) >= 11 is 0. The van der Waals surface area contributed by atoms with Gasteiger partial charge in [0.1, 0.15) is 5.75 Å². The molecule has 0 bridgehead atoms. The highest BCUT2D eigenvalue weighted by Crippen LogP contribution is 2.27. The van der Waals surface area contributed by atoms with Crippen LogP contribution in [0.15, 0.2) is 78.9 Å². The van der Waals surface area contributed by atoms with Crippen molar-refractivity contribution in [2.45, 2.75) is 25.7 Å². The van der Waals surface area contributed by atoms with Gasteiger partial charge in [0.2, 0.25) is 5.91 Å². The summed E-state index contributed by atoms with van der Waals surface area (Å²) in [7, 11) is 0. The minimum absolute atomic E-state index is 0.0843. The van der Waals surface area contributed by atoms with Crippen LogP contribution in [0.5, 0.6) is 5.75 Å².